The molecule has 1 aliphatic rings. The standard InChI is InChI=1S/C12H17N3O4S/c1-3-19-12(16)11-8-6-13-5-4-9(8)14-10(15-11)7-20(2,17)18/h13H,3-7H2,1-2H3. The minimum Gasteiger partial charge on any atom is -0.461 e. The van der Waals surface area contributed by atoms with Crippen molar-refractivity contribution in [1.82, 2.24) is 15.3 Å². The number of nitrogens with one attached hydrogen (secondary N) is 1. The normalized spacial score (nSPS) is 14.7. The minimum absolute atomic E-state index is 0.149. The van der Waals surface area contributed by atoms with Gasteiger partial charge in [-0.15, -0.1) is 0 Å². The van der Waals surface area contributed by atoms with E-state index in [4.69, 9.17) is 4.74 Å². The molecular formula is C12H17N3O4S. The lowest BCUT2D eigenvalue weighted by molar-refractivity contribution is 0.0516. The lowest BCUT2D eigenvalue weighted by Gasteiger charge is -2.19. The number of carbonyl (C=O) groups excluding carboxylic acids is 1. The predicted molar refractivity (Wildman–Crippen MR) is 71.9 cm³/mol. The summed E-state index contributed by atoms with van der Waals surface area (Å²) >= 11 is 0. The summed E-state index contributed by atoms with van der Waals surface area (Å²) in [5.74, 6) is -0.666. The second kappa shape index (κ2) is 5.84. The van der Waals surface area contributed by atoms with Crippen LogP contribution in [0.15, 0.2) is 0 Å². The summed E-state index contributed by atoms with van der Waals surface area (Å²) in [5, 5.41) is 3.14. The van der Waals surface area contributed by atoms with Crippen LogP contribution in [0.4, 0.5) is 0 Å². The SMILES string of the molecule is CCOC(=O)c1nc(CS(C)(=O)=O)nc2c1CNCC2. The van der Waals surface area contributed by atoms with Crippen LogP contribution in [-0.2, 0) is 33.3 Å². The molecule has 0 fully saturated rings. The molecular weight excluding hydrogens is 282 g/mol. The van der Waals surface area contributed by atoms with Crippen molar-refractivity contribution < 1.29 is 17.9 Å². The van der Waals surface area contributed by atoms with Gasteiger partial charge in [0, 0.05) is 31.3 Å². The van der Waals surface area contributed by atoms with E-state index in [1.54, 1.807) is 6.92 Å². The maximum Gasteiger partial charge on any atom is 0.357 e. The second-order valence-corrected chi connectivity index (χ2v) is 6.77. The van der Waals surface area contributed by atoms with Gasteiger partial charge in [0.15, 0.2) is 15.5 Å². The van der Waals surface area contributed by atoms with Crippen LogP contribution in [0.25, 0.3) is 0 Å². The van der Waals surface area contributed by atoms with Crippen LogP contribution in [0.3, 0.4) is 0 Å². The fourth-order valence-electron chi connectivity index (χ4n) is 2.06. The molecule has 0 bridgehead atoms. The zero-order chi connectivity index (χ0) is 14.8. The molecule has 0 amide bonds. The Morgan fingerprint density at radius 3 is 2.80 bits per heavy atom. The van der Waals surface area contributed by atoms with Gasteiger partial charge in [-0.3, -0.25) is 0 Å². The molecule has 1 aromatic heterocycles. The number of rotatable bonds is 4. The molecule has 0 spiro atoms. The van der Waals surface area contributed by atoms with E-state index < -0.39 is 15.8 Å². The van der Waals surface area contributed by atoms with E-state index in [0.29, 0.717) is 18.5 Å². The number of hydrogen-bond acceptors (Lipinski definition) is 7. The van der Waals surface area contributed by atoms with Crippen LogP contribution in [0.1, 0.15) is 34.5 Å². The third kappa shape index (κ3) is 3.51. The third-order valence-electron chi connectivity index (χ3n) is 2.84. The van der Waals surface area contributed by atoms with Crippen LogP contribution in [0.2, 0.25) is 0 Å². The number of sulfone groups is 1. The molecule has 0 atom stereocenters. The van der Waals surface area contributed by atoms with Crippen molar-refractivity contribution in [3.63, 3.8) is 0 Å². The molecule has 1 N–H and O–H groups in total. The monoisotopic (exact) mass is 299 g/mol. The number of esters is 1. The van der Waals surface area contributed by atoms with E-state index in [1.807, 2.05) is 0 Å². The Balaban J connectivity index is 2.47. The van der Waals surface area contributed by atoms with Gasteiger partial charge in [0.1, 0.15) is 11.6 Å². The smallest absolute Gasteiger partial charge is 0.357 e. The van der Waals surface area contributed by atoms with E-state index in [-0.39, 0.29) is 23.9 Å². The van der Waals surface area contributed by atoms with Crippen molar-refractivity contribution in [2.24, 2.45) is 0 Å². The fraction of sp³-hybridized carbons (Fsp3) is 0.583. The number of ether oxygens (including phenoxy) is 1. The van der Waals surface area contributed by atoms with Crippen molar-refractivity contribution in [2.75, 3.05) is 19.4 Å². The first-order valence-electron chi connectivity index (χ1n) is 6.35. The number of carbonyl (C=O) groups is 1. The van der Waals surface area contributed by atoms with Gasteiger partial charge in [0.25, 0.3) is 0 Å². The molecule has 0 saturated carbocycles. The van der Waals surface area contributed by atoms with Gasteiger partial charge in [-0.05, 0) is 6.92 Å². The second-order valence-electron chi connectivity index (χ2n) is 4.63. The Morgan fingerprint density at radius 2 is 2.15 bits per heavy atom. The summed E-state index contributed by atoms with van der Waals surface area (Å²) in [6.07, 6.45) is 1.75. The average molecular weight is 299 g/mol. The van der Waals surface area contributed by atoms with Crippen molar-refractivity contribution in [1.29, 1.82) is 0 Å². The molecule has 0 aliphatic carbocycles. The number of nitrogens with zero attached hydrogens (tertiary/aromatic N) is 2. The van der Waals surface area contributed by atoms with Crippen molar-refractivity contribution in [3.05, 3.63) is 22.8 Å². The molecule has 7 nitrogen and oxygen atoms in total. The van der Waals surface area contributed by atoms with Gasteiger partial charge in [-0.2, -0.15) is 0 Å². The molecule has 2 heterocycles. The summed E-state index contributed by atoms with van der Waals surface area (Å²) in [6.45, 7) is 3.18. The van der Waals surface area contributed by atoms with Gasteiger partial charge in [-0.1, -0.05) is 0 Å². The average Bonchev–Trinajstić information content (AvgIpc) is 2.36. The highest BCUT2D eigenvalue weighted by molar-refractivity contribution is 7.89. The quantitative estimate of drug-likeness (QED) is 0.771. The summed E-state index contributed by atoms with van der Waals surface area (Å²) in [5.41, 5.74) is 1.59. The van der Waals surface area contributed by atoms with Crippen LogP contribution in [-0.4, -0.2) is 43.8 Å². The highest BCUT2D eigenvalue weighted by atomic mass is 32.2. The summed E-state index contributed by atoms with van der Waals surface area (Å²) < 4.78 is 27.7. The lowest BCUT2D eigenvalue weighted by atomic mass is 10.1. The predicted octanol–water partition coefficient (Wildman–Crippen LogP) is -0.156. The molecule has 1 aromatic rings. The maximum atomic E-state index is 11.9. The first kappa shape index (κ1) is 14.9. The van der Waals surface area contributed by atoms with Gasteiger partial charge in [-0.25, -0.2) is 23.2 Å². The Morgan fingerprint density at radius 1 is 1.40 bits per heavy atom. The molecule has 8 heteroatoms. The lowest BCUT2D eigenvalue weighted by Crippen LogP contribution is -2.29. The Hall–Kier alpha value is -1.54. The molecule has 0 saturated heterocycles. The number of aromatic nitrogens is 2. The zero-order valence-corrected chi connectivity index (χ0v) is 12.3. The van der Waals surface area contributed by atoms with Gasteiger partial charge in [0.2, 0.25) is 0 Å². The summed E-state index contributed by atoms with van der Waals surface area (Å²) in [6, 6.07) is 0. The van der Waals surface area contributed by atoms with Crippen molar-refractivity contribution in [3.8, 4) is 0 Å². The molecule has 0 unspecified atom stereocenters. The maximum absolute atomic E-state index is 11.9. The van der Waals surface area contributed by atoms with Crippen LogP contribution in [0.5, 0.6) is 0 Å². The van der Waals surface area contributed by atoms with Crippen molar-refractivity contribution >= 4 is 15.8 Å². The number of hydrogen-bond donors (Lipinski definition) is 1. The van der Waals surface area contributed by atoms with Gasteiger partial charge in [0.05, 0.1) is 12.3 Å². The molecule has 0 aromatic carbocycles. The van der Waals surface area contributed by atoms with Gasteiger partial charge >= 0.3 is 5.97 Å². The van der Waals surface area contributed by atoms with E-state index in [9.17, 15) is 13.2 Å². The molecule has 0 radical (unpaired) electrons. The number of fused-ring (bicyclic) bond motifs is 1. The Bertz CT molecular complexity index is 628. The zero-order valence-electron chi connectivity index (χ0n) is 11.5. The molecule has 110 valence electrons. The van der Waals surface area contributed by atoms with Crippen LogP contribution in [0, 0.1) is 0 Å². The van der Waals surface area contributed by atoms with E-state index in [2.05, 4.69) is 15.3 Å². The summed E-state index contributed by atoms with van der Waals surface area (Å²) in [4.78, 5) is 20.3. The molecule has 2 rings (SSSR count). The van der Waals surface area contributed by atoms with Crippen molar-refractivity contribution in [2.45, 2.75) is 25.6 Å². The highest BCUT2D eigenvalue weighted by Crippen LogP contribution is 2.17. The minimum atomic E-state index is -3.25. The first-order valence-corrected chi connectivity index (χ1v) is 8.41. The van der Waals surface area contributed by atoms with Crippen LogP contribution >= 0.6 is 0 Å². The van der Waals surface area contributed by atoms with Gasteiger partial charge < -0.3 is 10.1 Å². The molecule has 1 aliphatic heterocycles. The largest absolute Gasteiger partial charge is 0.461 e. The highest BCUT2D eigenvalue weighted by Gasteiger charge is 2.23. The Labute approximate surface area is 117 Å². The third-order valence-corrected chi connectivity index (χ3v) is 3.62. The van der Waals surface area contributed by atoms with Crippen LogP contribution < -0.4 is 5.32 Å². The topological polar surface area (TPSA) is 98.2 Å². The molecule has 20 heavy (non-hydrogen) atoms. The summed E-state index contributed by atoms with van der Waals surface area (Å²) in [7, 11) is -3.25. The Kier molecular flexibility index (Phi) is 4.34. The van der Waals surface area contributed by atoms with E-state index in [0.717, 1.165) is 18.5 Å². The van der Waals surface area contributed by atoms with E-state index in [1.165, 1.54) is 0 Å². The first-order chi connectivity index (χ1) is 9.40. The fourth-order valence-corrected chi connectivity index (χ4v) is 2.66. The van der Waals surface area contributed by atoms with E-state index >= 15 is 0 Å².